The number of nitrogens with zero attached hydrogens (tertiary/aromatic N) is 4. The molecule has 3 atom stereocenters. The number of hydrogen-bond acceptors (Lipinski definition) is 8. The molecule has 192 valence electrons. The van der Waals surface area contributed by atoms with Gasteiger partial charge >= 0.3 is 12.1 Å². The molecule has 3 amide bonds. The summed E-state index contributed by atoms with van der Waals surface area (Å²) in [7, 11) is 0. The smallest absolute Gasteiger partial charge is 0.408 e. The van der Waals surface area contributed by atoms with Gasteiger partial charge in [0.25, 0.3) is 5.91 Å². The zero-order valence-corrected chi connectivity index (χ0v) is 20.8. The van der Waals surface area contributed by atoms with E-state index in [0.29, 0.717) is 11.3 Å². The summed E-state index contributed by atoms with van der Waals surface area (Å²) in [5.74, 6) is -2.35. The van der Waals surface area contributed by atoms with Crippen LogP contribution >= 0.6 is 11.8 Å². The first-order valence-corrected chi connectivity index (χ1v) is 11.9. The number of aliphatic carboxylic acids is 1. The highest BCUT2D eigenvalue weighted by atomic mass is 32.2. The van der Waals surface area contributed by atoms with Gasteiger partial charge in [0.15, 0.2) is 0 Å². The van der Waals surface area contributed by atoms with Crippen LogP contribution in [0.3, 0.4) is 0 Å². The summed E-state index contributed by atoms with van der Waals surface area (Å²) < 4.78 is 5.27. The molecule has 0 spiro atoms. The second-order valence-electron chi connectivity index (χ2n) is 9.19. The van der Waals surface area contributed by atoms with E-state index in [-0.39, 0.29) is 29.1 Å². The van der Waals surface area contributed by atoms with Crippen LogP contribution in [0.5, 0.6) is 5.75 Å². The van der Waals surface area contributed by atoms with E-state index in [2.05, 4.69) is 20.7 Å². The van der Waals surface area contributed by atoms with Crippen molar-refractivity contribution >= 4 is 35.6 Å². The third kappa shape index (κ3) is 5.66. The van der Waals surface area contributed by atoms with Crippen molar-refractivity contribution in [2.75, 3.05) is 5.75 Å². The predicted octanol–water partition coefficient (Wildman–Crippen LogP) is 2.53. The van der Waals surface area contributed by atoms with Crippen molar-refractivity contribution < 1.29 is 34.1 Å². The number of benzene rings is 1. The molecule has 2 aliphatic rings. The van der Waals surface area contributed by atoms with Crippen molar-refractivity contribution in [2.24, 2.45) is 5.11 Å². The molecule has 3 rings (SSSR count). The first-order chi connectivity index (χ1) is 16.8. The van der Waals surface area contributed by atoms with Gasteiger partial charge in [-0.3, -0.25) is 14.5 Å². The van der Waals surface area contributed by atoms with E-state index in [1.54, 1.807) is 27.7 Å². The Hall–Kier alpha value is -3.90. The fraction of sp³-hybridized carbons (Fsp3) is 0.455. The molecule has 0 aliphatic carbocycles. The monoisotopic (exact) mass is 518 g/mol. The van der Waals surface area contributed by atoms with Crippen LogP contribution < -0.4 is 10.6 Å². The average molecular weight is 519 g/mol. The Labute approximate surface area is 210 Å². The minimum absolute atomic E-state index is 0.0982. The number of azide groups is 1. The number of carbonyl (C=O) groups excluding carboxylic acids is 3. The number of ether oxygens (including phenoxy) is 1. The Morgan fingerprint density at radius 1 is 1.36 bits per heavy atom. The maximum absolute atomic E-state index is 13.3. The van der Waals surface area contributed by atoms with Crippen molar-refractivity contribution in [2.45, 2.75) is 57.3 Å². The summed E-state index contributed by atoms with van der Waals surface area (Å²) in [6.45, 7) is 6.38. The van der Waals surface area contributed by atoms with Crippen molar-refractivity contribution in [1.29, 1.82) is 0 Å². The number of nitrogens with one attached hydrogen (secondary N) is 2. The quantitative estimate of drug-likeness (QED) is 0.183. The highest BCUT2D eigenvalue weighted by Crippen LogP contribution is 2.40. The van der Waals surface area contributed by atoms with E-state index in [1.165, 1.54) is 30.0 Å². The van der Waals surface area contributed by atoms with Crippen LogP contribution in [0, 0.1) is 0 Å². The van der Waals surface area contributed by atoms with E-state index in [0.717, 1.165) is 4.90 Å². The minimum atomic E-state index is -1.34. The van der Waals surface area contributed by atoms with Gasteiger partial charge in [-0.25, -0.2) is 9.59 Å². The lowest BCUT2D eigenvalue weighted by atomic mass is 9.99. The van der Waals surface area contributed by atoms with E-state index >= 15 is 0 Å². The number of β-lactam (4-membered cyclic amide) rings is 1. The molecule has 2 aliphatic heterocycles. The Kier molecular flexibility index (Phi) is 7.70. The van der Waals surface area contributed by atoms with Gasteiger partial charge in [-0.05, 0) is 62.1 Å². The van der Waals surface area contributed by atoms with Crippen LogP contribution in [-0.2, 0) is 25.7 Å². The fourth-order valence-electron chi connectivity index (χ4n) is 3.76. The molecular formula is C22H26N6O7S. The van der Waals surface area contributed by atoms with Crippen molar-refractivity contribution in [3.8, 4) is 5.75 Å². The number of aromatic hydroxyl groups is 1. The van der Waals surface area contributed by atoms with Crippen LogP contribution in [-0.4, -0.2) is 61.8 Å². The molecule has 3 unspecified atom stereocenters. The van der Waals surface area contributed by atoms with Crippen molar-refractivity contribution in [1.82, 2.24) is 15.5 Å². The molecule has 0 bridgehead atoms. The highest BCUT2D eigenvalue weighted by Gasteiger charge is 2.54. The molecular weight excluding hydrogens is 492 g/mol. The van der Waals surface area contributed by atoms with Gasteiger partial charge in [-0.2, -0.15) is 0 Å². The molecule has 4 N–H and O–H groups in total. The lowest BCUT2D eigenvalue weighted by molar-refractivity contribution is -0.151. The zero-order chi connectivity index (χ0) is 26.8. The van der Waals surface area contributed by atoms with Gasteiger partial charge in [0.2, 0.25) is 5.91 Å². The second kappa shape index (κ2) is 10.4. The van der Waals surface area contributed by atoms with Gasteiger partial charge in [-0.15, -0.1) is 11.8 Å². The minimum Gasteiger partial charge on any atom is -0.508 e. The van der Waals surface area contributed by atoms with Crippen molar-refractivity contribution in [3.05, 3.63) is 51.0 Å². The van der Waals surface area contributed by atoms with Crippen LogP contribution in [0.4, 0.5) is 4.79 Å². The lowest BCUT2D eigenvalue weighted by Gasteiger charge is -2.49. The number of carboxylic acid groups (broad SMARTS) is 1. The summed E-state index contributed by atoms with van der Waals surface area (Å²) in [4.78, 5) is 54.0. The predicted molar refractivity (Wildman–Crippen MR) is 128 cm³/mol. The van der Waals surface area contributed by atoms with E-state index < -0.39 is 46.9 Å². The van der Waals surface area contributed by atoms with Crippen LogP contribution in [0.1, 0.15) is 44.9 Å². The van der Waals surface area contributed by atoms with Crippen LogP contribution in [0.15, 0.2) is 34.6 Å². The molecule has 1 aromatic rings. The number of alkyl carbamates (subject to hydrolysis) is 1. The van der Waals surface area contributed by atoms with Gasteiger partial charge in [0.1, 0.15) is 34.5 Å². The molecule has 14 heteroatoms. The largest absolute Gasteiger partial charge is 0.508 e. The third-order valence-electron chi connectivity index (χ3n) is 5.32. The molecule has 1 aromatic carbocycles. The average Bonchev–Trinajstić information content (AvgIpc) is 2.78. The molecule has 13 nitrogen and oxygen atoms in total. The van der Waals surface area contributed by atoms with Crippen LogP contribution in [0.2, 0.25) is 0 Å². The number of hydrogen-bond donors (Lipinski definition) is 4. The molecule has 0 radical (unpaired) electrons. The van der Waals surface area contributed by atoms with E-state index in [1.807, 2.05) is 0 Å². The maximum atomic E-state index is 13.3. The zero-order valence-electron chi connectivity index (χ0n) is 20.0. The number of carboxylic acids is 1. The summed E-state index contributed by atoms with van der Waals surface area (Å²) in [5.41, 5.74) is 8.64. The molecule has 1 fully saturated rings. The molecule has 0 saturated carbocycles. The summed E-state index contributed by atoms with van der Waals surface area (Å²) in [5, 5.41) is 27.4. The Morgan fingerprint density at radius 3 is 2.67 bits per heavy atom. The van der Waals surface area contributed by atoms with Crippen molar-refractivity contribution in [3.63, 3.8) is 0 Å². The molecule has 2 heterocycles. The normalized spacial score (nSPS) is 19.9. The number of rotatable bonds is 7. The Morgan fingerprint density at radius 2 is 2.06 bits per heavy atom. The number of fused-ring (bicyclic) bond motifs is 1. The third-order valence-corrected chi connectivity index (χ3v) is 6.75. The first kappa shape index (κ1) is 26.7. The molecule has 36 heavy (non-hydrogen) atoms. The molecule has 0 aromatic heterocycles. The SMILES string of the molecule is CC1=C(C(=O)O)N2C(=O)C(NC(=O)C(NC(=O)OC(C)(C)C)c3ccc(O)c(CN=[N+]=[N-])c3)C2SC1. The topological polar surface area (TPSA) is 194 Å². The standard InChI is InChI=1S/C22H26N6O7S/c1-10-9-36-19-15(18(31)28(19)16(10)20(32)33)25-17(30)14(26-21(34)35-22(2,3)4)11-5-6-13(29)12(7-11)8-24-27-23/h5-7,14-15,19,29H,8-9H2,1-4H3,(H,25,30)(H,26,34)(H,32,33). The Bertz CT molecular complexity index is 1190. The van der Waals surface area contributed by atoms with Gasteiger partial charge < -0.3 is 25.6 Å². The first-order valence-electron chi connectivity index (χ1n) is 10.8. The van der Waals surface area contributed by atoms with Gasteiger partial charge in [0.05, 0.1) is 6.54 Å². The molecule has 1 saturated heterocycles. The highest BCUT2D eigenvalue weighted by molar-refractivity contribution is 8.00. The lowest BCUT2D eigenvalue weighted by Crippen LogP contribution is -2.71. The Balaban J connectivity index is 1.87. The number of amides is 3. The van der Waals surface area contributed by atoms with Crippen LogP contribution in [0.25, 0.3) is 10.4 Å². The summed E-state index contributed by atoms with van der Waals surface area (Å²) in [6, 6.07) is 1.73. The maximum Gasteiger partial charge on any atom is 0.408 e. The van der Waals surface area contributed by atoms with E-state index in [9.17, 15) is 29.4 Å². The summed E-state index contributed by atoms with van der Waals surface area (Å²) in [6.07, 6.45) is -0.896. The van der Waals surface area contributed by atoms with Gasteiger partial charge in [-0.1, -0.05) is 11.2 Å². The number of carbonyl (C=O) groups is 4. The fourth-order valence-corrected chi connectivity index (χ4v) is 5.05. The number of phenols is 1. The summed E-state index contributed by atoms with van der Waals surface area (Å²) >= 11 is 1.32. The number of thioether (sulfide) groups is 1. The second-order valence-corrected chi connectivity index (χ2v) is 10.3. The number of phenolic OH excluding ortho intramolecular Hbond substituents is 1. The van der Waals surface area contributed by atoms with Gasteiger partial charge in [0, 0.05) is 10.7 Å². The van der Waals surface area contributed by atoms with E-state index in [4.69, 9.17) is 10.3 Å².